The second-order valence-corrected chi connectivity index (χ2v) is 6.55. The normalized spacial score (nSPS) is 10.6. The number of aryl methyl sites for hydroxylation is 1. The molecule has 2 N–H and O–H groups in total. The van der Waals surface area contributed by atoms with E-state index in [2.05, 4.69) is 30.5 Å². The van der Waals surface area contributed by atoms with Crippen molar-refractivity contribution >= 4 is 23.1 Å². The van der Waals surface area contributed by atoms with Gasteiger partial charge in [-0.3, -0.25) is 9.59 Å². The first kappa shape index (κ1) is 18.7. The molecule has 0 saturated heterocycles. The average Bonchev–Trinajstić information content (AvgIpc) is 2.57. The van der Waals surface area contributed by atoms with E-state index in [0.29, 0.717) is 24.4 Å². The highest BCUT2D eigenvalue weighted by atomic mass is 16.1. The highest BCUT2D eigenvalue weighted by Gasteiger charge is 2.11. The van der Waals surface area contributed by atoms with Crippen molar-refractivity contribution in [2.24, 2.45) is 0 Å². The predicted molar refractivity (Wildman–Crippen MR) is 103 cm³/mol. The van der Waals surface area contributed by atoms with Gasteiger partial charge in [0.15, 0.2) is 5.78 Å². The molecule has 0 spiro atoms. The van der Waals surface area contributed by atoms with Gasteiger partial charge in [0, 0.05) is 29.9 Å². The third-order valence-corrected chi connectivity index (χ3v) is 4.16. The van der Waals surface area contributed by atoms with E-state index in [1.807, 2.05) is 31.2 Å². The number of hydrogen-bond donors (Lipinski definition) is 2. The minimum atomic E-state index is -0.0101. The second-order valence-electron chi connectivity index (χ2n) is 6.55. The fourth-order valence-electron chi connectivity index (χ4n) is 2.69. The van der Waals surface area contributed by atoms with E-state index in [0.717, 1.165) is 22.5 Å². The Morgan fingerprint density at radius 2 is 1.72 bits per heavy atom. The molecule has 4 nitrogen and oxygen atoms in total. The summed E-state index contributed by atoms with van der Waals surface area (Å²) in [7, 11) is 0. The molecular weight excluding hydrogens is 312 g/mol. The Morgan fingerprint density at radius 3 is 2.32 bits per heavy atom. The zero-order chi connectivity index (χ0) is 18.4. The maximum Gasteiger partial charge on any atom is 0.226 e. The van der Waals surface area contributed by atoms with Gasteiger partial charge in [-0.25, -0.2) is 0 Å². The summed E-state index contributed by atoms with van der Waals surface area (Å²) in [5.74, 6) is 0.391. The number of benzene rings is 2. The van der Waals surface area contributed by atoms with Gasteiger partial charge in [-0.15, -0.1) is 0 Å². The van der Waals surface area contributed by atoms with Crippen molar-refractivity contribution in [1.29, 1.82) is 0 Å². The first-order chi connectivity index (χ1) is 11.9. The zero-order valence-electron chi connectivity index (χ0n) is 15.3. The van der Waals surface area contributed by atoms with E-state index < -0.39 is 0 Å². The number of Topliss-reactive ketones (excluding diaryl/α,β-unsaturated/α-hetero) is 1. The highest BCUT2D eigenvalue weighted by Crippen LogP contribution is 2.27. The molecule has 0 bridgehead atoms. The summed E-state index contributed by atoms with van der Waals surface area (Å²) in [4.78, 5) is 23.5. The van der Waals surface area contributed by atoms with Crippen LogP contribution in [0.2, 0.25) is 0 Å². The average molecular weight is 338 g/mol. The second kappa shape index (κ2) is 8.47. The third-order valence-electron chi connectivity index (χ3n) is 4.16. The lowest BCUT2D eigenvalue weighted by atomic mass is 9.98. The maximum absolute atomic E-state index is 12.3. The Labute approximate surface area is 149 Å². The van der Waals surface area contributed by atoms with Crippen LogP contribution in [-0.2, 0) is 4.79 Å². The Hall–Kier alpha value is -2.62. The molecule has 4 heteroatoms. The van der Waals surface area contributed by atoms with Gasteiger partial charge in [-0.1, -0.05) is 32.0 Å². The van der Waals surface area contributed by atoms with Crippen LogP contribution in [0.5, 0.6) is 0 Å². The Balaban J connectivity index is 1.90. The molecule has 0 unspecified atom stereocenters. The number of hydrogen-bond acceptors (Lipinski definition) is 3. The fraction of sp³-hybridized carbons (Fsp3) is 0.333. The number of carbonyl (C=O) groups excluding carboxylic acids is 2. The van der Waals surface area contributed by atoms with E-state index in [9.17, 15) is 9.59 Å². The van der Waals surface area contributed by atoms with Gasteiger partial charge in [0.25, 0.3) is 0 Å². The monoisotopic (exact) mass is 338 g/mol. The Kier molecular flexibility index (Phi) is 6.34. The first-order valence-corrected chi connectivity index (χ1v) is 8.62. The zero-order valence-corrected chi connectivity index (χ0v) is 15.3. The smallest absolute Gasteiger partial charge is 0.226 e. The van der Waals surface area contributed by atoms with E-state index >= 15 is 0 Å². The van der Waals surface area contributed by atoms with Crippen molar-refractivity contribution in [3.8, 4) is 0 Å². The summed E-state index contributed by atoms with van der Waals surface area (Å²) < 4.78 is 0. The van der Waals surface area contributed by atoms with Gasteiger partial charge in [-0.05, 0) is 55.2 Å². The van der Waals surface area contributed by atoms with Crippen molar-refractivity contribution in [3.63, 3.8) is 0 Å². The topological polar surface area (TPSA) is 58.2 Å². The van der Waals surface area contributed by atoms with E-state index in [4.69, 9.17) is 0 Å². The molecule has 2 aromatic rings. The fourth-order valence-corrected chi connectivity index (χ4v) is 2.69. The van der Waals surface area contributed by atoms with Crippen molar-refractivity contribution in [2.75, 3.05) is 17.2 Å². The van der Waals surface area contributed by atoms with Crippen LogP contribution in [-0.4, -0.2) is 18.2 Å². The molecule has 0 atom stereocenters. The third kappa shape index (κ3) is 5.18. The quantitative estimate of drug-likeness (QED) is 0.716. The van der Waals surface area contributed by atoms with Crippen LogP contribution in [0.4, 0.5) is 11.4 Å². The number of para-hydroxylation sites is 1. The maximum atomic E-state index is 12.3. The summed E-state index contributed by atoms with van der Waals surface area (Å²) in [5, 5.41) is 6.25. The molecule has 132 valence electrons. The predicted octanol–water partition coefficient (Wildman–Crippen LogP) is 4.76. The lowest BCUT2D eigenvalue weighted by Gasteiger charge is -2.16. The largest absolute Gasteiger partial charge is 0.385 e. The van der Waals surface area contributed by atoms with Crippen LogP contribution >= 0.6 is 0 Å². The number of carbonyl (C=O) groups is 2. The molecular formula is C21H26N2O2. The number of nitrogens with one attached hydrogen (secondary N) is 2. The minimum absolute atomic E-state index is 0.0101. The van der Waals surface area contributed by atoms with Crippen LogP contribution in [0.1, 0.15) is 54.6 Å². The molecule has 2 aromatic carbocycles. The standard InChI is InChI=1S/C21H26N2O2/c1-14(2)19-7-5-6-15(3)21(19)23-20(25)12-13-22-18-10-8-17(9-11-18)16(4)24/h5-11,14,22H,12-13H2,1-4H3,(H,23,25). The van der Waals surface area contributed by atoms with Gasteiger partial charge in [0.2, 0.25) is 5.91 Å². The van der Waals surface area contributed by atoms with Gasteiger partial charge < -0.3 is 10.6 Å². The summed E-state index contributed by atoms with van der Waals surface area (Å²) in [6.07, 6.45) is 0.375. The minimum Gasteiger partial charge on any atom is -0.385 e. The lowest BCUT2D eigenvalue weighted by molar-refractivity contribution is -0.116. The van der Waals surface area contributed by atoms with Crippen molar-refractivity contribution < 1.29 is 9.59 Å². The van der Waals surface area contributed by atoms with Crippen LogP contribution < -0.4 is 10.6 Å². The summed E-state index contributed by atoms with van der Waals surface area (Å²) in [6.45, 7) is 8.33. The molecule has 0 saturated carbocycles. The molecule has 2 rings (SSSR count). The van der Waals surface area contributed by atoms with Gasteiger partial charge in [-0.2, -0.15) is 0 Å². The molecule has 0 aliphatic heterocycles. The molecule has 0 aliphatic rings. The molecule has 0 aliphatic carbocycles. The SMILES string of the molecule is CC(=O)c1ccc(NCCC(=O)Nc2c(C)cccc2C(C)C)cc1. The van der Waals surface area contributed by atoms with Crippen LogP contribution in [0.25, 0.3) is 0 Å². The van der Waals surface area contributed by atoms with Crippen molar-refractivity contribution in [3.05, 3.63) is 59.2 Å². The van der Waals surface area contributed by atoms with Crippen molar-refractivity contribution in [1.82, 2.24) is 0 Å². The summed E-state index contributed by atoms with van der Waals surface area (Å²) in [6, 6.07) is 13.4. The Bertz CT molecular complexity index is 749. The lowest BCUT2D eigenvalue weighted by Crippen LogP contribution is -2.18. The van der Waals surface area contributed by atoms with E-state index in [1.165, 1.54) is 0 Å². The van der Waals surface area contributed by atoms with E-state index in [-0.39, 0.29) is 11.7 Å². The van der Waals surface area contributed by atoms with Crippen LogP contribution in [0.3, 0.4) is 0 Å². The van der Waals surface area contributed by atoms with Gasteiger partial charge in [0.05, 0.1) is 0 Å². The van der Waals surface area contributed by atoms with Gasteiger partial charge >= 0.3 is 0 Å². The highest BCUT2D eigenvalue weighted by molar-refractivity contribution is 5.94. The number of amides is 1. The van der Waals surface area contributed by atoms with Gasteiger partial charge in [0.1, 0.15) is 0 Å². The first-order valence-electron chi connectivity index (χ1n) is 8.62. The molecule has 0 fully saturated rings. The molecule has 1 amide bonds. The number of anilines is 2. The summed E-state index contributed by atoms with van der Waals surface area (Å²) >= 11 is 0. The van der Waals surface area contributed by atoms with Crippen molar-refractivity contribution in [2.45, 2.75) is 40.0 Å². The molecule has 25 heavy (non-hydrogen) atoms. The van der Waals surface area contributed by atoms with E-state index in [1.54, 1.807) is 19.1 Å². The molecule has 0 heterocycles. The number of rotatable bonds is 7. The number of ketones is 1. The van der Waals surface area contributed by atoms with Crippen LogP contribution in [0.15, 0.2) is 42.5 Å². The Morgan fingerprint density at radius 1 is 1.04 bits per heavy atom. The summed E-state index contributed by atoms with van der Waals surface area (Å²) in [5.41, 5.74) is 4.74. The molecule has 0 aromatic heterocycles. The molecule has 0 radical (unpaired) electrons. The van der Waals surface area contributed by atoms with Crippen LogP contribution in [0, 0.1) is 6.92 Å².